The van der Waals surface area contributed by atoms with Gasteiger partial charge in [0.25, 0.3) is 0 Å². The Hall–Kier alpha value is -7.01. The molecule has 0 N–H and O–H groups in total. The predicted octanol–water partition coefficient (Wildman–Crippen LogP) is 14.0. The summed E-state index contributed by atoms with van der Waals surface area (Å²) in [6, 6.07) is 67.0. The van der Waals surface area contributed by atoms with Crippen molar-refractivity contribution in [2.75, 3.05) is 0 Å². The summed E-state index contributed by atoms with van der Waals surface area (Å²) in [5, 5.41) is 10.2. The van der Waals surface area contributed by atoms with Crippen molar-refractivity contribution in [2.24, 2.45) is 0 Å². The molecule has 0 aliphatic carbocycles. The van der Waals surface area contributed by atoms with Gasteiger partial charge < -0.3 is 0 Å². The average Bonchev–Trinajstić information content (AvgIpc) is 3.65. The SMILES string of the molecule is c1ccc(-c2nc(-c3ccccc3)nc(-c3cc(-c4cccc(-c5ccc6c7ccccc7c7ccccc7c6c5)c4)c4c(c3)sc3ccccc34)n2)cc1. The Morgan fingerprint density at radius 2 is 0.745 bits per heavy atom. The second kappa shape index (κ2) is 12.8. The maximum atomic E-state index is 5.12. The van der Waals surface area contributed by atoms with Crippen molar-refractivity contribution in [1.82, 2.24) is 15.0 Å². The number of aromatic nitrogens is 3. The Kier molecular flexibility index (Phi) is 7.35. The lowest BCUT2D eigenvalue weighted by Crippen LogP contribution is -2.00. The molecule has 0 saturated heterocycles. The number of hydrogen-bond acceptors (Lipinski definition) is 4. The first-order valence-electron chi connectivity index (χ1n) is 18.5. The molecule has 3 nitrogen and oxygen atoms in total. The minimum absolute atomic E-state index is 0.651. The minimum atomic E-state index is 0.651. The van der Waals surface area contributed by atoms with Crippen LogP contribution >= 0.6 is 11.3 Å². The predicted molar refractivity (Wildman–Crippen MR) is 232 cm³/mol. The van der Waals surface area contributed by atoms with E-state index in [1.54, 1.807) is 0 Å². The van der Waals surface area contributed by atoms with Gasteiger partial charge in [-0.3, -0.25) is 0 Å². The molecule has 0 radical (unpaired) electrons. The fourth-order valence-corrected chi connectivity index (χ4v) is 9.27. The molecule has 0 bridgehead atoms. The van der Waals surface area contributed by atoms with Gasteiger partial charge in [0, 0.05) is 36.9 Å². The lowest BCUT2D eigenvalue weighted by atomic mass is 9.91. The van der Waals surface area contributed by atoms with Crippen LogP contribution in [0.25, 0.3) is 109 Å². The van der Waals surface area contributed by atoms with Gasteiger partial charge in [-0.15, -0.1) is 11.3 Å². The molecule has 0 unspecified atom stereocenters. The molecule has 2 heterocycles. The van der Waals surface area contributed by atoms with Crippen LogP contribution < -0.4 is 0 Å². The van der Waals surface area contributed by atoms with Crippen molar-refractivity contribution >= 4 is 63.8 Å². The third-order valence-corrected chi connectivity index (χ3v) is 11.8. The van der Waals surface area contributed by atoms with Crippen LogP contribution in [0.5, 0.6) is 0 Å². The first-order chi connectivity index (χ1) is 27.2. The molecular weight excluding hydrogens is 687 g/mol. The summed E-state index contributed by atoms with van der Waals surface area (Å²) >= 11 is 1.81. The lowest BCUT2D eigenvalue weighted by molar-refractivity contribution is 1.07. The van der Waals surface area contributed by atoms with Crippen molar-refractivity contribution in [3.8, 4) is 56.4 Å². The maximum Gasteiger partial charge on any atom is 0.164 e. The van der Waals surface area contributed by atoms with Gasteiger partial charge in [-0.05, 0) is 84.9 Å². The Morgan fingerprint density at radius 3 is 1.38 bits per heavy atom. The maximum absolute atomic E-state index is 5.12. The van der Waals surface area contributed by atoms with E-state index < -0.39 is 0 Å². The van der Waals surface area contributed by atoms with E-state index in [9.17, 15) is 0 Å². The van der Waals surface area contributed by atoms with Crippen LogP contribution in [0.15, 0.2) is 188 Å². The van der Waals surface area contributed by atoms with E-state index in [2.05, 4.69) is 152 Å². The Balaban J connectivity index is 1.12. The smallest absolute Gasteiger partial charge is 0.164 e. The Bertz CT molecular complexity index is 3170. The van der Waals surface area contributed by atoms with E-state index in [4.69, 9.17) is 15.0 Å². The molecule has 0 atom stereocenters. The normalized spacial score (nSPS) is 11.6. The van der Waals surface area contributed by atoms with Gasteiger partial charge in [-0.25, -0.2) is 15.0 Å². The average molecular weight is 718 g/mol. The summed E-state index contributed by atoms with van der Waals surface area (Å²) in [5.41, 5.74) is 7.54. The van der Waals surface area contributed by atoms with E-state index in [0.717, 1.165) is 27.8 Å². The summed E-state index contributed by atoms with van der Waals surface area (Å²) in [6.07, 6.45) is 0. The lowest BCUT2D eigenvalue weighted by Gasteiger charge is -2.14. The van der Waals surface area contributed by atoms with Crippen LogP contribution in [0.4, 0.5) is 0 Å². The third-order valence-electron chi connectivity index (χ3n) is 10.7. The molecule has 0 aliphatic rings. The number of benzene rings is 9. The van der Waals surface area contributed by atoms with Crippen molar-refractivity contribution in [2.45, 2.75) is 0 Å². The van der Waals surface area contributed by atoms with Gasteiger partial charge in [-0.1, -0.05) is 158 Å². The van der Waals surface area contributed by atoms with Crippen LogP contribution in [-0.4, -0.2) is 15.0 Å². The zero-order valence-corrected chi connectivity index (χ0v) is 30.5. The Labute approximate surface area is 321 Å². The largest absolute Gasteiger partial charge is 0.208 e. The van der Waals surface area contributed by atoms with Gasteiger partial charge in [0.1, 0.15) is 0 Å². The van der Waals surface area contributed by atoms with E-state index >= 15 is 0 Å². The number of nitrogens with zero attached hydrogens (tertiary/aromatic N) is 3. The van der Waals surface area contributed by atoms with Gasteiger partial charge in [-0.2, -0.15) is 0 Å². The summed E-state index contributed by atoms with van der Waals surface area (Å²) in [5.74, 6) is 1.96. The van der Waals surface area contributed by atoms with Gasteiger partial charge in [0.15, 0.2) is 17.5 Å². The number of fused-ring (bicyclic) bond motifs is 9. The Morgan fingerprint density at radius 1 is 0.273 bits per heavy atom. The number of rotatable bonds is 5. The third kappa shape index (κ3) is 5.38. The van der Waals surface area contributed by atoms with E-state index in [1.807, 2.05) is 47.7 Å². The minimum Gasteiger partial charge on any atom is -0.208 e. The van der Waals surface area contributed by atoms with Gasteiger partial charge in [0.05, 0.1) is 0 Å². The highest BCUT2D eigenvalue weighted by Crippen LogP contribution is 2.44. The van der Waals surface area contributed by atoms with Crippen LogP contribution in [-0.2, 0) is 0 Å². The summed E-state index contributed by atoms with van der Waals surface area (Å²) in [4.78, 5) is 15.2. The standard InChI is InChI=1S/C51H31N3S/c1-3-14-32(15-4-1)49-52-50(33-16-5-2-6-17-33)54-51(53-49)37-30-44(48-43-24-11-12-25-46(43)55-47(48)31-37)36-19-13-18-34(28-36)35-26-27-42-40-22-8-7-20-38(40)39-21-9-10-23-41(39)45(42)29-35/h1-31H. The van der Waals surface area contributed by atoms with Crippen LogP contribution in [0, 0.1) is 0 Å². The molecular formula is C51H31N3S. The highest BCUT2D eigenvalue weighted by molar-refractivity contribution is 7.26. The van der Waals surface area contributed by atoms with E-state index in [-0.39, 0.29) is 0 Å². The van der Waals surface area contributed by atoms with E-state index in [0.29, 0.717) is 17.5 Å². The number of thiophene rings is 1. The fourth-order valence-electron chi connectivity index (χ4n) is 8.10. The fraction of sp³-hybridized carbons (Fsp3) is 0. The zero-order valence-electron chi connectivity index (χ0n) is 29.6. The highest BCUT2D eigenvalue weighted by Gasteiger charge is 2.18. The molecule has 0 amide bonds. The quantitative estimate of drug-likeness (QED) is 0.166. The molecule has 55 heavy (non-hydrogen) atoms. The van der Waals surface area contributed by atoms with Gasteiger partial charge >= 0.3 is 0 Å². The summed E-state index contributed by atoms with van der Waals surface area (Å²) in [6.45, 7) is 0. The summed E-state index contributed by atoms with van der Waals surface area (Å²) < 4.78 is 2.46. The molecule has 4 heteroatoms. The van der Waals surface area contributed by atoms with Crippen molar-refractivity contribution in [3.05, 3.63) is 188 Å². The second-order valence-corrected chi connectivity index (χ2v) is 15.0. The molecule has 0 spiro atoms. The molecule has 256 valence electrons. The second-order valence-electron chi connectivity index (χ2n) is 14.0. The van der Waals surface area contributed by atoms with Gasteiger partial charge in [0.2, 0.25) is 0 Å². The first-order valence-corrected chi connectivity index (χ1v) is 19.3. The van der Waals surface area contributed by atoms with Crippen molar-refractivity contribution in [1.29, 1.82) is 0 Å². The van der Waals surface area contributed by atoms with Crippen LogP contribution in [0.3, 0.4) is 0 Å². The molecule has 11 rings (SSSR count). The number of hydrogen-bond donors (Lipinski definition) is 0. The van der Waals surface area contributed by atoms with Crippen LogP contribution in [0.2, 0.25) is 0 Å². The first kappa shape index (κ1) is 31.5. The summed E-state index contributed by atoms with van der Waals surface area (Å²) in [7, 11) is 0. The molecule has 0 saturated carbocycles. The highest BCUT2D eigenvalue weighted by atomic mass is 32.1. The molecule has 11 aromatic rings. The van der Waals surface area contributed by atoms with Crippen LogP contribution in [0.1, 0.15) is 0 Å². The van der Waals surface area contributed by atoms with Crippen molar-refractivity contribution < 1.29 is 0 Å². The topological polar surface area (TPSA) is 38.7 Å². The molecule has 0 aliphatic heterocycles. The monoisotopic (exact) mass is 717 g/mol. The molecule has 9 aromatic carbocycles. The molecule has 2 aromatic heterocycles. The van der Waals surface area contributed by atoms with E-state index in [1.165, 1.54) is 63.6 Å². The zero-order chi connectivity index (χ0) is 36.3. The van der Waals surface area contributed by atoms with Crippen molar-refractivity contribution in [3.63, 3.8) is 0 Å². The molecule has 0 fully saturated rings.